The van der Waals surface area contributed by atoms with Crippen LogP contribution in [0.3, 0.4) is 0 Å². The van der Waals surface area contributed by atoms with E-state index < -0.39 is 0 Å². The molecule has 1 aliphatic heterocycles. The number of benzene rings is 3. The van der Waals surface area contributed by atoms with E-state index in [0.29, 0.717) is 46.8 Å². The first kappa shape index (κ1) is 22.3. The fourth-order valence-corrected chi connectivity index (χ4v) is 4.91. The molecular weight excluding hydrogens is 474 g/mol. The number of fused-ring (bicyclic) bond motifs is 2. The second kappa shape index (κ2) is 8.81. The summed E-state index contributed by atoms with van der Waals surface area (Å²) in [5.41, 5.74) is 6.59. The summed E-state index contributed by atoms with van der Waals surface area (Å²) in [5.74, 6) is 0.420. The summed E-state index contributed by atoms with van der Waals surface area (Å²) in [6, 6.07) is 21.8. The van der Waals surface area contributed by atoms with Crippen LogP contribution in [0.1, 0.15) is 27.2 Å². The van der Waals surface area contributed by atoms with Crippen LogP contribution in [-0.2, 0) is 13.0 Å². The van der Waals surface area contributed by atoms with E-state index in [2.05, 4.69) is 10.2 Å². The number of nitrogens with one attached hydrogen (secondary N) is 1. The van der Waals surface area contributed by atoms with Gasteiger partial charge in [-0.3, -0.25) is 14.7 Å². The highest BCUT2D eigenvalue weighted by molar-refractivity contribution is 6.30. The molecule has 2 aromatic heterocycles. The second-order valence-electron chi connectivity index (χ2n) is 9.07. The standard InChI is InChI=1S/C29H22ClN3O3/c1-17-5-10-26-22(13-17)25(34)15-27(36-26)18-6-8-19(9-7-18)29(35)33-12-11-24-23(16-33)28(32-31-24)20-3-2-4-21(30)14-20/h2-10,13-15H,11-12,16H2,1H3,(H,31,32). The number of aromatic nitrogens is 2. The lowest BCUT2D eigenvalue weighted by atomic mass is 10.00. The minimum Gasteiger partial charge on any atom is -0.456 e. The zero-order valence-corrected chi connectivity index (χ0v) is 20.3. The number of carbonyl (C=O) groups is 1. The zero-order chi connectivity index (χ0) is 24.8. The second-order valence-corrected chi connectivity index (χ2v) is 9.50. The van der Waals surface area contributed by atoms with E-state index in [4.69, 9.17) is 16.0 Å². The fourth-order valence-electron chi connectivity index (χ4n) is 4.71. The maximum Gasteiger partial charge on any atom is 0.254 e. The number of nitrogens with zero attached hydrogens (tertiary/aromatic N) is 2. The van der Waals surface area contributed by atoms with Gasteiger partial charge in [0.1, 0.15) is 11.3 Å². The Morgan fingerprint density at radius 2 is 1.86 bits per heavy atom. The van der Waals surface area contributed by atoms with Crippen LogP contribution in [-0.4, -0.2) is 27.5 Å². The molecule has 7 heteroatoms. The SMILES string of the molecule is Cc1ccc2oc(-c3ccc(C(=O)N4CCc5[nH]nc(-c6cccc(Cl)c6)c5C4)cc3)cc(=O)c2c1. The van der Waals surface area contributed by atoms with Crippen molar-refractivity contribution in [3.8, 4) is 22.6 Å². The highest BCUT2D eigenvalue weighted by Crippen LogP contribution is 2.31. The van der Waals surface area contributed by atoms with Crippen LogP contribution < -0.4 is 5.43 Å². The van der Waals surface area contributed by atoms with E-state index >= 15 is 0 Å². The predicted octanol–water partition coefficient (Wildman–Crippen LogP) is 6.01. The number of H-pyrrole nitrogens is 1. The van der Waals surface area contributed by atoms with E-state index in [1.54, 1.807) is 12.1 Å². The number of amides is 1. The van der Waals surface area contributed by atoms with E-state index in [1.165, 1.54) is 6.07 Å². The first-order valence-corrected chi connectivity index (χ1v) is 12.1. The lowest BCUT2D eigenvalue weighted by Crippen LogP contribution is -2.35. The number of halogens is 1. The Kier molecular flexibility index (Phi) is 5.46. The van der Waals surface area contributed by atoms with Crippen molar-refractivity contribution in [2.75, 3.05) is 6.54 Å². The number of carbonyl (C=O) groups excluding carboxylic acids is 1. The number of rotatable bonds is 3. The predicted molar refractivity (Wildman–Crippen MR) is 140 cm³/mol. The molecule has 3 aromatic carbocycles. The van der Waals surface area contributed by atoms with Crippen molar-refractivity contribution >= 4 is 28.5 Å². The van der Waals surface area contributed by atoms with Gasteiger partial charge in [-0.25, -0.2) is 0 Å². The van der Waals surface area contributed by atoms with Gasteiger partial charge >= 0.3 is 0 Å². The number of hydrogen-bond acceptors (Lipinski definition) is 4. The van der Waals surface area contributed by atoms with Gasteiger partial charge < -0.3 is 9.32 Å². The van der Waals surface area contributed by atoms with Crippen molar-refractivity contribution in [1.29, 1.82) is 0 Å². The normalized spacial score (nSPS) is 13.1. The van der Waals surface area contributed by atoms with E-state index in [0.717, 1.165) is 33.6 Å². The Balaban J connectivity index is 1.25. The topological polar surface area (TPSA) is 79.2 Å². The third-order valence-corrected chi connectivity index (χ3v) is 6.85. The highest BCUT2D eigenvalue weighted by atomic mass is 35.5. The molecule has 6 rings (SSSR count). The summed E-state index contributed by atoms with van der Waals surface area (Å²) in [4.78, 5) is 27.8. The largest absolute Gasteiger partial charge is 0.456 e. The van der Waals surface area contributed by atoms with Gasteiger partial charge in [-0.05, 0) is 43.3 Å². The van der Waals surface area contributed by atoms with E-state index in [1.807, 2.05) is 66.4 Å². The summed E-state index contributed by atoms with van der Waals surface area (Å²) in [6.45, 7) is 3.01. The summed E-state index contributed by atoms with van der Waals surface area (Å²) in [6.07, 6.45) is 0.703. The molecule has 1 aliphatic rings. The molecule has 6 nitrogen and oxygen atoms in total. The van der Waals surface area contributed by atoms with Crippen LogP contribution in [0.5, 0.6) is 0 Å². The van der Waals surface area contributed by atoms with Gasteiger partial charge in [-0.2, -0.15) is 5.10 Å². The Labute approximate surface area is 212 Å². The Morgan fingerprint density at radius 3 is 2.67 bits per heavy atom. The highest BCUT2D eigenvalue weighted by Gasteiger charge is 2.26. The molecule has 0 saturated carbocycles. The van der Waals surface area contributed by atoms with Gasteiger partial charge in [-0.1, -0.05) is 47.5 Å². The lowest BCUT2D eigenvalue weighted by Gasteiger charge is -2.27. The van der Waals surface area contributed by atoms with Gasteiger partial charge in [0.2, 0.25) is 0 Å². The molecule has 0 unspecified atom stereocenters. The summed E-state index contributed by atoms with van der Waals surface area (Å²) in [5, 5.41) is 8.82. The van der Waals surface area contributed by atoms with Gasteiger partial charge in [0, 0.05) is 58.5 Å². The van der Waals surface area contributed by atoms with Crippen LogP contribution in [0.4, 0.5) is 0 Å². The Morgan fingerprint density at radius 1 is 1.03 bits per heavy atom. The quantitative estimate of drug-likeness (QED) is 0.332. The lowest BCUT2D eigenvalue weighted by molar-refractivity contribution is 0.0734. The van der Waals surface area contributed by atoms with Crippen molar-refractivity contribution in [1.82, 2.24) is 15.1 Å². The van der Waals surface area contributed by atoms with Crippen LogP contribution in [0, 0.1) is 6.92 Å². The molecule has 178 valence electrons. The van der Waals surface area contributed by atoms with Gasteiger partial charge in [-0.15, -0.1) is 0 Å². The van der Waals surface area contributed by atoms with Gasteiger partial charge in [0.25, 0.3) is 5.91 Å². The molecule has 1 amide bonds. The molecule has 1 N–H and O–H groups in total. The summed E-state index contributed by atoms with van der Waals surface area (Å²) < 4.78 is 5.98. The van der Waals surface area contributed by atoms with E-state index in [-0.39, 0.29) is 11.3 Å². The smallest absolute Gasteiger partial charge is 0.254 e. The van der Waals surface area contributed by atoms with Gasteiger partial charge in [0.05, 0.1) is 11.1 Å². The molecule has 0 aliphatic carbocycles. The Bertz CT molecular complexity index is 1680. The molecule has 0 spiro atoms. The molecule has 3 heterocycles. The Hall–Kier alpha value is -4.16. The van der Waals surface area contributed by atoms with Crippen LogP contribution in [0.15, 0.2) is 82.0 Å². The third-order valence-electron chi connectivity index (χ3n) is 6.62. The number of aromatic amines is 1. The molecule has 0 fully saturated rings. The molecular formula is C29H22ClN3O3. The van der Waals surface area contributed by atoms with Crippen molar-refractivity contribution in [3.63, 3.8) is 0 Å². The number of hydrogen-bond donors (Lipinski definition) is 1. The van der Waals surface area contributed by atoms with Crippen LogP contribution in [0.25, 0.3) is 33.6 Å². The van der Waals surface area contributed by atoms with Crippen molar-refractivity contribution < 1.29 is 9.21 Å². The molecule has 0 atom stereocenters. The average Bonchev–Trinajstić information content (AvgIpc) is 3.32. The summed E-state index contributed by atoms with van der Waals surface area (Å²) >= 11 is 6.18. The average molecular weight is 496 g/mol. The molecule has 0 radical (unpaired) electrons. The summed E-state index contributed by atoms with van der Waals surface area (Å²) in [7, 11) is 0. The van der Waals surface area contributed by atoms with Crippen molar-refractivity contribution in [3.05, 3.63) is 110 Å². The zero-order valence-electron chi connectivity index (χ0n) is 19.5. The third kappa shape index (κ3) is 3.99. The van der Waals surface area contributed by atoms with Crippen LogP contribution in [0.2, 0.25) is 5.02 Å². The molecule has 36 heavy (non-hydrogen) atoms. The molecule has 5 aromatic rings. The van der Waals surface area contributed by atoms with Gasteiger partial charge in [0.15, 0.2) is 5.43 Å². The van der Waals surface area contributed by atoms with Crippen LogP contribution >= 0.6 is 11.6 Å². The fraction of sp³-hybridized carbons (Fsp3) is 0.138. The first-order chi connectivity index (χ1) is 17.5. The minimum atomic E-state index is -0.0881. The maximum atomic E-state index is 13.3. The first-order valence-electron chi connectivity index (χ1n) is 11.7. The van der Waals surface area contributed by atoms with Crippen molar-refractivity contribution in [2.45, 2.75) is 19.9 Å². The minimum absolute atomic E-state index is 0.0547. The maximum absolute atomic E-state index is 13.3. The van der Waals surface area contributed by atoms with E-state index in [9.17, 15) is 9.59 Å². The monoisotopic (exact) mass is 495 g/mol. The molecule has 0 saturated heterocycles. The molecule has 0 bridgehead atoms. The number of aryl methyl sites for hydroxylation is 1. The van der Waals surface area contributed by atoms with Crippen molar-refractivity contribution in [2.24, 2.45) is 0 Å².